The van der Waals surface area contributed by atoms with Gasteiger partial charge in [-0.15, -0.1) is 0 Å². The summed E-state index contributed by atoms with van der Waals surface area (Å²) >= 11 is 0. The highest BCUT2D eigenvalue weighted by Crippen LogP contribution is 2.34. The normalized spacial score (nSPS) is 18.5. The van der Waals surface area contributed by atoms with Gasteiger partial charge in [0.25, 0.3) is 5.56 Å². The van der Waals surface area contributed by atoms with Crippen LogP contribution in [0.25, 0.3) is 11.0 Å². The summed E-state index contributed by atoms with van der Waals surface area (Å²) in [5.41, 5.74) is 3.21. The van der Waals surface area contributed by atoms with Gasteiger partial charge in [0, 0.05) is 13.1 Å². The minimum Gasteiger partial charge on any atom is -0.309 e. The van der Waals surface area contributed by atoms with E-state index in [1.165, 1.54) is 11.1 Å². The van der Waals surface area contributed by atoms with Crippen LogP contribution < -0.4 is 5.56 Å². The van der Waals surface area contributed by atoms with Crippen molar-refractivity contribution in [2.24, 2.45) is 7.05 Å². The maximum absolute atomic E-state index is 12.2. The number of nitrogens with one attached hydrogen (secondary N) is 1. The van der Waals surface area contributed by atoms with E-state index in [0.29, 0.717) is 29.4 Å². The Morgan fingerprint density at radius 3 is 3.00 bits per heavy atom. The number of hydrogen-bond donors (Lipinski definition) is 1. The Morgan fingerprint density at radius 2 is 2.17 bits per heavy atom. The molecule has 0 bridgehead atoms. The second-order valence-corrected chi connectivity index (χ2v) is 6.50. The molecule has 1 aliphatic heterocycles. The van der Waals surface area contributed by atoms with Crippen LogP contribution in [0.5, 0.6) is 0 Å². The molecule has 0 aliphatic carbocycles. The third-order valence-electron chi connectivity index (χ3n) is 4.91. The highest BCUT2D eigenvalue weighted by molar-refractivity contribution is 5.72. The van der Waals surface area contributed by atoms with E-state index in [0.717, 1.165) is 19.4 Å². The largest absolute Gasteiger partial charge is 0.309 e. The number of aromatic amines is 1. The molecule has 3 aromatic rings. The van der Waals surface area contributed by atoms with Gasteiger partial charge >= 0.3 is 0 Å². The van der Waals surface area contributed by atoms with Gasteiger partial charge in [-0.05, 0) is 37.4 Å². The smallest absolute Gasteiger partial charge is 0.262 e. The number of rotatable bonds is 3. The van der Waals surface area contributed by atoms with E-state index in [-0.39, 0.29) is 5.56 Å². The van der Waals surface area contributed by atoms with Crippen LogP contribution in [0.4, 0.5) is 0 Å². The summed E-state index contributed by atoms with van der Waals surface area (Å²) in [7, 11) is 1.81. The topological polar surface area (TPSA) is 66.8 Å². The molecule has 2 aromatic heterocycles. The van der Waals surface area contributed by atoms with Gasteiger partial charge < -0.3 is 4.98 Å². The van der Waals surface area contributed by atoms with Crippen molar-refractivity contribution in [1.29, 1.82) is 0 Å². The van der Waals surface area contributed by atoms with Gasteiger partial charge in [-0.2, -0.15) is 5.10 Å². The second kappa shape index (κ2) is 5.87. The minimum absolute atomic E-state index is 0.116. The number of H-pyrrole nitrogens is 1. The predicted octanol–water partition coefficient (Wildman–Crippen LogP) is 2.30. The van der Waals surface area contributed by atoms with E-state index in [1.54, 1.807) is 10.9 Å². The highest BCUT2D eigenvalue weighted by Gasteiger charge is 2.27. The number of likely N-dealkylation sites (tertiary alicyclic amines) is 1. The first-order valence-electron chi connectivity index (χ1n) is 8.34. The zero-order valence-electron chi connectivity index (χ0n) is 14.0. The average molecular weight is 323 g/mol. The molecule has 1 aromatic carbocycles. The Hall–Kier alpha value is -2.47. The second-order valence-electron chi connectivity index (χ2n) is 6.50. The molecule has 3 heterocycles. The molecule has 1 fully saturated rings. The molecule has 1 atom stereocenters. The number of nitrogens with zero attached hydrogens (tertiary/aromatic N) is 4. The lowest BCUT2D eigenvalue weighted by Gasteiger charge is -2.25. The molecule has 6 heteroatoms. The molecule has 0 saturated carbocycles. The molecule has 24 heavy (non-hydrogen) atoms. The van der Waals surface area contributed by atoms with Crippen molar-refractivity contribution in [2.75, 3.05) is 6.54 Å². The lowest BCUT2D eigenvalue weighted by Crippen LogP contribution is -2.26. The van der Waals surface area contributed by atoms with Gasteiger partial charge in [-0.1, -0.05) is 24.3 Å². The highest BCUT2D eigenvalue weighted by atomic mass is 16.1. The van der Waals surface area contributed by atoms with Gasteiger partial charge in [-0.3, -0.25) is 14.4 Å². The van der Waals surface area contributed by atoms with Crippen molar-refractivity contribution >= 4 is 11.0 Å². The van der Waals surface area contributed by atoms with Crippen LogP contribution in [-0.2, 0) is 13.6 Å². The SMILES string of the molecule is Cc1ccccc1C1CCCN1Cc1nc2c(cnn2C)c(=O)[nH]1. The molecular formula is C18H21N5O. The number of benzene rings is 1. The van der Waals surface area contributed by atoms with Crippen molar-refractivity contribution in [2.45, 2.75) is 32.4 Å². The first-order valence-corrected chi connectivity index (χ1v) is 8.34. The van der Waals surface area contributed by atoms with Crippen LogP contribution in [0.15, 0.2) is 35.3 Å². The fraction of sp³-hybridized carbons (Fsp3) is 0.389. The maximum Gasteiger partial charge on any atom is 0.262 e. The van der Waals surface area contributed by atoms with Gasteiger partial charge in [0.15, 0.2) is 5.65 Å². The van der Waals surface area contributed by atoms with Gasteiger partial charge in [0.1, 0.15) is 11.2 Å². The van der Waals surface area contributed by atoms with Gasteiger partial charge in [0.05, 0.1) is 12.7 Å². The summed E-state index contributed by atoms with van der Waals surface area (Å²) in [5.74, 6) is 0.705. The summed E-state index contributed by atoms with van der Waals surface area (Å²) in [6.07, 6.45) is 3.87. The van der Waals surface area contributed by atoms with E-state index in [2.05, 4.69) is 51.2 Å². The monoisotopic (exact) mass is 323 g/mol. The van der Waals surface area contributed by atoms with Crippen molar-refractivity contribution in [1.82, 2.24) is 24.6 Å². The molecule has 6 nitrogen and oxygen atoms in total. The van der Waals surface area contributed by atoms with Crippen molar-refractivity contribution in [3.05, 3.63) is 57.8 Å². The number of aromatic nitrogens is 4. The Morgan fingerprint density at radius 1 is 1.33 bits per heavy atom. The van der Waals surface area contributed by atoms with Crippen LogP contribution in [0.3, 0.4) is 0 Å². The average Bonchev–Trinajstić information content (AvgIpc) is 3.16. The number of fused-ring (bicyclic) bond motifs is 1. The van der Waals surface area contributed by atoms with Crippen molar-refractivity contribution in [3.8, 4) is 0 Å². The summed E-state index contributed by atoms with van der Waals surface area (Å²) in [6, 6.07) is 8.93. The molecule has 124 valence electrons. The molecular weight excluding hydrogens is 302 g/mol. The lowest BCUT2D eigenvalue weighted by molar-refractivity contribution is 0.241. The molecule has 1 aliphatic rings. The molecule has 1 saturated heterocycles. The van der Waals surface area contributed by atoms with Crippen molar-refractivity contribution in [3.63, 3.8) is 0 Å². The van der Waals surface area contributed by atoms with Crippen LogP contribution in [0.2, 0.25) is 0 Å². The van der Waals surface area contributed by atoms with E-state index >= 15 is 0 Å². The lowest BCUT2D eigenvalue weighted by atomic mass is 9.99. The van der Waals surface area contributed by atoms with Crippen LogP contribution in [-0.4, -0.2) is 31.2 Å². The van der Waals surface area contributed by atoms with E-state index < -0.39 is 0 Å². The quantitative estimate of drug-likeness (QED) is 0.803. The first-order chi connectivity index (χ1) is 11.6. The first kappa shape index (κ1) is 15.1. The predicted molar refractivity (Wildman–Crippen MR) is 92.7 cm³/mol. The maximum atomic E-state index is 12.2. The molecule has 1 unspecified atom stereocenters. The van der Waals surface area contributed by atoms with Crippen LogP contribution >= 0.6 is 0 Å². The van der Waals surface area contributed by atoms with Gasteiger partial charge in [-0.25, -0.2) is 4.98 Å². The zero-order chi connectivity index (χ0) is 16.7. The molecule has 1 N–H and O–H groups in total. The molecule has 4 rings (SSSR count). The van der Waals surface area contributed by atoms with Gasteiger partial charge in [0.2, 0.25) is 0 Å². The Balaban J connectivity index is 1.66. The number of hydrogen-bond acceptors (Lipinski definition) is 4. The van der Waals surface area contributed by atoms with Crippen LogP contribution in [0.1, 0.15) is 35.8 Å². The minimum atomic E-state index is -0.116. The van der Waals surface area contributed by atoms with Crippen LogP contribution in [0, 0.1) is 6.92 Å². The fourth-order valence-electron chi connectivity index (χ4n) is 3.67. The summed E-state index contributed by atoms with van der Waals surface area (Å²) < 4.78 is 1.65. The summed E-state index contributed by atoms with van der Waals surface area (Å²) in [5, 5.41) is 4.66. The number of aryl methyl sites for hydroxylation is 2. The van der Waals surface area contributed by atoms with E-state index in [1.807, 2.05) is 7.05 Å². The fourth-order valence-corrected chi connectivity index (χ4v) is 3.67. The summed E-state index contributed by atoms with van der Waals surface area (Å²) in [4.78, 5) is 22.2. The summed E-state index contributed by atoms with van der Waals surface area (Å²) in [6.45, 7) is 3.83. The molecule has 0 amide bonds. The Kier molecular flexibility index (Phi) is 3.69. The van der Waals surface area contributed by atoms with Crippen molar-refractivity contribution < 1.29 is 0 Å². The van der Waals surface area contributed by atoms with E-state index in [4.69, 9.17) is 0 Å². The standard InChI is InChI=1S/C18H21N5O/c1-12-6-3-4-7-13(12)15-8-5-9-23(15)11-16-20-17-14(18(24)21-16)10-19-22(17)2/h3-4,6-7,10,15H,5,8-9,11H2,1-2H3,(H,20,21,24). The Bertz CT molecular complexity index is 942. The zero-order valence-corrected chi connectivity index (χ0v) is 14.0. The third-order valence-corrected chi connectivity index (χ3v) is 4.91. The third kappa shape index (κ3) is 2.53. The Labute approximate surface area is 140 Å². The molecule has 0 radical (unpaired) electrons. The molecule has 0 spiro atoms. The van der Waals surface area contributed by atoms with E-state index in [9.17, 15) is 4.79 Å².